The molecule has 9 nitrogen and oxygen atoms in total. The second-order valence-electron chi connectivity index (χ2n) is 16.7. The van der Waals surface area contributed by atoms with Crippen molar-refractivity contribution >= 4 is 69.5 Å². The molecule has 3 saturated heterocycles. The number of benzene rings is 3. The van der Waals surface area contributed by atoms with Crippen LogP contribution in [0.3, 0.4) is 0 Å². The first-order valence-corrected chi connectivity index (χ1v) is 26.2. The Hall–Kier alpha value is -1.59. The molecule has 0 aromatic heterocycles. The molecule has 0 aliphatic carbocycles. The van der Waals surface area contributed by atoms with Crippen molar-refractivity contribution in [3.05, 3.63) is 75.8 Å². The average molecular weight is 901 g/mol. The van der Waals surface area contributed by atoms with Gasteiger partial charge in [-0.3, -0.25) is 0 Å². The van der Waals surface area contributed by atoms with Crippen LogP contribution < -0.4 is 14.2 Å². The van der Waals surface area contributed by atoms with E-state index in [0.29, 0.717) is 17.8 Å². The zero-order chi connectivity index (χ0) is 41.9. The third-order valence-corrected chi connectivity index (χ3v) is 15.2. The third kappa shape index (κ3) is 14.5. The molecule has 3 aliphatic heterocycles. The molecule has 3 aliphatic rings. The molecule has 57 heavy (non-hydrogen) atoms. The number of nitrogens with zero attached hydrogens (tertiary/aromatic N) is 3. The van der Waals surface area contributed by atoms with E-state index in [1.165, 1.54) is 33.4 Å². The minimum atomic E-state index is -0.965. The highest BCUT2D eigenvalue weighted by molar-refractivity contribution is 9.10. The molecule has 3 fully saturated rings. The molecule has 3 aromatic rings. The Labute approximate surface area is 363 Å². The number of rotatable bonds is 13. The maximum absolute atomic E-state index is 9.74. The van der Waals surface area contributed by atoms with Gasteiger partial charge < -0.3 is 43.7 Å². The molecule has 3 aromatic carbocycles. The maximum atomic E-state index is 9.74. The number of halogens is 1. The lowest BCUT2D eigenvalue weighted by Crippen LogP contribution is -2.34. The van der Waals surface area contributed by atoms with Gasteiger partial charge in [-0.1, -0.05) is 53.8 Å². The van der Waals surface area contributed by atoms with Crippen LogP contribution in [-0.2, 0) is 0 Å². The number of thioether (sulfide) groups is 1. The van der Waals surface area contributed by atoms with Crippen molar-refractivity contribution < 1.29 is 29.3 Å². The highest BCUT2D eigenvalue weighted by Gasteiger charge is 2.32. The van der Waals surface area contributed by atoms with Crippen LogP contribution in [0.25, 0.3) is 0 Å². The van der Waals surface area contributed by atoms with E-state index in [1.54, 1.807) is 21.3 Å². The number of hydrogen-bond donors (Lipinski definition) is 4. The number of thiol groups is 1. The van der Waals surface area contributed by atoms with Crippen molar-refractivity contribution in [2.75, 3.05) is 66.4 Å². The van der Waals surface area contributed by atoms with E-state index >= 15 is 0 Å². The molecule has 3 N–H and O–H groups in total. The fourth-order valence-electron chi connectivity index (χ4n) is 7.79. The molecule has 0 radical (unpaired) electrons. The molecule has 0 amide bonds. The summed E-state index contributed by atoms with van der Waals surface area (Å²) in [5.41, 5.74) is 3.73. The summed E-state index contributed by atoms with van der Waals surface area (Å²) < 4.78 is 17.5. The second kappa shape index (κ2) is 22.9. The van der Waals surface area contributed by atoms with E-state index in [4.69, 9.17) is 14.2 Å². The van der Waals surface area contributed by atoms with E-state index in [9.17, 15) is 15.1 Å². The summed E-state index contributed by atoms with van der Waals surface area (Å²) >= 11 is 9.71. The van der Waals surface area contributed by atoms with Crippen LogP contribution in [-0.4, -0.2) is 125 Å². The fraction of sp³-hybridized carbons (Fsp3) is 0.561. The van der Waals surface area contributed by atoms with Crippen LogP contribution in [0.1, 0.15) is 53.7 Å². The van der Waals surface area contributed by atoms with Gasteiger partial charge in [0.1, 0.15) is 17.2 Å². The Morgan fingerprint density at radius 3 is 1.47 bits per heavy atom. The minimum absolute atomic E-state index is 0.359. The van der Waals surface area contributed by atoms with Crippen molar-refractivity contribution in [3.63, 3.8) is 0 Å². The quantitative estimate of drug-likeness (QED) is 0.0764. The lowest BCUT2D eigenvalue weighted by atomic mass is 9.85. The Balaban J connectivity index is 0.000000193. The molecule has 3 unspecified atom stereocenters. The molecule has 0 spiro atoms. The first-order valence-electron chi connectivity index (χ1n) is 20.3. The number of methoxy groups -OCH3 is 3. The van der Waals surface area contributed by atoms with Crippen molar-refractivity contribution in [2.24, 2.45) is 0 Å². The van der Waals surface area contributed by atoms with Crippen LogP contribution in [0.2, 0.25) is 46.2 Å². The fourth-order valence-corrected chi connectivity index (χ4v) is 11.8. The van der Waals surface area contributed by atoms with E-state index < -0.39 is 8.07 Å². The molecule has 0 bridgehead atoms. The molecular formula is C41H65B3BrN3O6S2Si. The average Bonchev–Trinajstić information content (AvgIpc) is 3.97. The van der Waals surface area contributed by atoms with Gasteiger partial charge in [0, 0.05) is 40.1 Å². The summed E-state index contributed by atoms with van der Waals surface area (Å²) in [7, 11) is 3.10. The molecule has 3 heterocycles. The van der Waals surface area contributed by atoms with Gasteiger partial charge in [0.15, 0.2) is 0 Å². The van der Waals surface area contributed by atoms with Gasteiger partial charge in [-0.15, -0.1) is 24.4 Å². The summed E-state index contributed by atoms with van der Waals surface area (Å²) in [5, 5.41) is 28.9. The van der Waals surface area contributed by atoms with Crippen molar-refractivity contribution in [1.82, 2.24) is 14.4 Å². The molecular weight excluding hydrogens is 835 g/mol. The highest BCUT2D eigenvalue weighted by atomic mass is 79.9. The maximum Gasteiger partial charge on any atom is 0.376 e. The van der Waals surface area contributed by atoms with Gasteiger partial charge >= 0.3 is 21.2 Å². The van der Waals surface area contributed by atoms with Crippen molar-refractivity contribution in [2.45, 2.75) is 93.0 Å². The third-order valence-electron chi connectivity index (χ3n) is 11.3. The van der Waals surface area contributed by atoms with E-state index in [2.05, 4.69) is 93.0 Å². The lowest BCUT2D eigenvalue weighted by Gasteiger charge is -2.19. The summed E-state index contributed by atoms with van der Waals surface area (Å²) in [5.74, 6) is 5.37. The SMILES string of the molecule is COc1cc(Br)ccc1C1CCN(B(C)O)C1.COc1cc(S)ccc1C1CCN(B(C)O)C1.COc1cc(SCC[Si](C)(C)C)ccc1C1CCN(B(C)O)C1. The minimum Gasteiger partial charge on any atom is -0.496 e. The lowest BCUT2D eigenvalue weighted by molar-refractivity contribution is 0.399. The zero-order valence-electron chi connectivity index (χ0n) is 35.6. The Kier molecular flexibility index (Phi) is 19.3. The van der Waals surface area contributed by atoms with Crippen molar-refractivity contribution in [3.8, 4) is 17.2 Å². The highest BCUT2D eigenvalue weighted by Crippen LogP contribution is 2.38. The van der Waals surface area contributed by atoms with Crippen LogP contribution in [0.15, 0.2) is 68.9 Å². The summed E-state index contributed by atoms with van der Waals surface area (Å²) in [6.07, 6.45) is 3.22. The van der Waals surface area contributed by atoms with Gasteiger partial charge in [-0.05, 0) is 144 Å². The molecule has 3 atom stereocenters. The van der Waals surface area contributed by atoms with E-state index in [1.807, 2.05) is 56.5 Å². The molecule has 16 heteroatoms. The molecule has 6 rings (SSSR count). The van der Waals surface area contributed by atoms with Crippen LogP contribution >= 0.6 is 40.3 Å². The van der Waals surface area contributed by atoms with Gasteiger partial charge in [-0.2, -0.15) is 0 Å². The first-order chi connectivity index (χ1) is 27.0. The van der Waals surface area contributed by atoms with Crippen LogP contribution in [0.5, 0.6) is 17.2 Å². The normalized spacial score (nSPS) is 20.0. The van der Waals surface area contributed by atoms with Gasteiger partial charge in [-0.25, -0.2) is 0 Å². The number of ether oxygens (including phenoxy) is 3. The summed E-state index contributed by atoms with van der Waals surface area (Å²) in [4.78, 5) is 8.51. The second-order valence-corrected chi connectivity index (χ2v) is 24.9. The molecule has 312 valence electrons. The van der Waals surface area contributed by atoms with E-state index in [0.717, 1.165) is 85.1 Å². The van der Waals surface area contributed by atoms with Crippen LogP contribution in [0, 0.1) is 0 Å². The zero-order valence-corrected chi connectivity index (χ0v) is 39.9. The van der Waals surface area contributed by atoms with Gasteiger partial charge in [0.2, 0.25) is 0 Å². The Morgan fingerprint density at radius 2 is 1.07 bits per heavy atom. The molecule has 0 saturated carbocycles. The van der Waals surface area contributed by atoms with Gasteiger partial charge in [0.25, 0.3) is 0 Å². The Bertz CT molecular complexity index is 1640. The monoisotopic (exact) mass is 899 g/mol. The number of hydrogen-bond acceptors (Lipinski definition) is 11. The van der Waals surface area contributed by atoms with Crippen molar-refractivity contribution in [1.29, 1.82) is 0 Å². The van der Waals surface area contributed by atoms with E-state index in [-0.39, 0.29) is 21.2 Å². The van der Waals surface area contributed by atoms with Crippen LogP contribution in [0.4, 0.5) is 0 Å². The summed E-state index contributed by atoms with van der Waals surface area (Å²) in [6, 6.07) is 20.2. The largest absolute Gasteiger partial charge is 0.496 e. The first kappa shape index (κ1) is 48.1. The smallest absolute Gasteiger partial charge is 0.376 e. The predicted molar refractivity (Wildman–Crippen MR) is 251 cm³/mol. The topological polar surface area (TPSA) is 98.1 Å². The summed E-state index contributed by atoms with van der Waals surface area (Å²) in [6.45, 7) is 18.3. The Morgan fingerprint density at radius 1 is 0.667 bits per heavy atom. The standard InChI is InChI=1S/C17H30BNO2SSi.C12H17BBrNO2.C12H18BNO2S/c1-18(20)19-9-8-14(13-19)16-7-6-15(12-17(16)21-2)22-10-11-23(3,4)5;1-13(16)15-6-5-9(8-15)11-4-3-10(14)7-12(11)17-2;1-13(15)14-6-5-9(8-14)11-4-3-10(17)7-12(11)16-2/h6-7,12,14,20H,8-11,13H2,1-5H3;3-4,7,9,16H,5-6,8H2,1-2H3;3-4,7,9,15,17H,5-6,8H2,1-2H3. The van der Waals surface area contributed by atoms with Gasteiger partial charge in [0.05, 0.1) is 21.3 Å². The predicted octanol–water partition coefficient (Wildman–Crippen LogP) is 8.27.